The summed E-state index contributed by atoms with van der Waals surface area (Å²) in [5, 5.41) is 3.26. The minimum absolute atomic E-state index is 0.139. The highest BCUT2D eigenvalue weighted by molar-refractivity contribution is 7.99. The molecule has 1 unspecified atom stereocenters. The van der Waals surface area contributed by atoms with Gasteiger partial charge in [0.25, 0.3) is 0 Å². The summed E-state index contributed by atoms with van der Waals surface area (Å²) in [7, 11) is -1.38. The summed E-state index contributed by atoms with van der Waals surface area (Å²) >= 11 is 1.82. The van der Waals surface area contributed by atoms with E-state index in [4.69, 9.17) is 0 Å². The van der Waals surface area contributed by atoms with Gasteiger partial charge in [-0.25, -0.2) is 12.7 Å². The molecule has 7 nitrogen and oxygen atoms in total. The minimum atomic E-state index is -3.16. The Balaban J connectivity index is 1.45. The van der Waals surface area contributed by atoms with Gasteiger partial charge in [0.2, 0.25) is 10.0 Å². The number of aliphatic imine (C=N–C) groups is 1. The lowest BCUT2D eigenvalue weighted by Crippen LogP contribution is -2.46. The number of sulfonamides is 1. The third kappa shape index (κ3) is 5.02. The van der Waals surface area contributed by atoms with Crippen LogP contribution in [0.25, 0.3) is 0 Å². The van der Waals surface area contributed by atoms with Crippen LogP contribution in [0.15, 0.2) is 4.99 Å². The van der Waals surface area contributed by atoms with Crippen LogP contribution in [0.4, 0.5) is 0 Å². The highest BCUT2D eigenvalue weighted by atomic mass is 32.2. The number of guanidine groups is 1. The normalized spacial score (nSPS) is 27.2. The zero-order chi connectivity index (χ0) is 17.7. The van der Waals surface area contributed by atoms with Gasteiger partial charge in [0, 0.05) is 57.3 Å². The molecule has 0 bridgehead atoms. The highest BCUT2D eigenvalue weighted by Crippen LogP contribution is 2.20. The molecule has 0 amide bonds. The SMILES string of the molecule is CN=C(NCCS(=O)(=O)N1CCSCC1)N1CCC(N2CCCC2)C1. The number of hydrogen-bond donors (Lipinski definition) is 1. The maximum atomic E-state index is 12.4. The van der Waals surface area contributed by atoms with E-state index in [-0.39, 0.29) is 5.75 Å². The highest BCUT2D eigenvalue weighted by Gasteiger charge is 2.31. The van der Waals surface area contributed by atoms with Gasteiger partial charge in [-0.2, -0.15) is 11.8 Å². The van der Waals surface area contributed by atoms with E-state index in [0.29, 0.717) is 25.7 Å². The molecule has 3 heterocycles. The van der Waals surface area contributed by atoms with Crippen molar-refractivity contribution in [3.63, 3.8) is 0 Å². The predicted molar refractivity (Wildman–Crippen MR) is 105 cm³/mol. The molecule has 3 aliphatic rings. The molecule has 0 saturated carbocycles. The quantitative estimate of drug-likeness (QED) is 0.532. The van der Waals surface area contributed by atoms with Gasteiger partial charge in [0.15, 0.2) is 5.96 Å². The van der Waals surface area contributed by atoms with Crippen molar-refractivity contribution < 1.29 is 8.42 Å². The molecule has 3 saturated heterocycles. The van der Waals surface area contributed by atoms with Crippen LogP contribution in [0.3, 0.4) is 0 Å². The minimum Gasteiger partial charge on any atom is -0.355 e. The first-order chi connectivity index (χ1) is 12.1. The fourth-order valence-corrected chi connectivity index (χ4v) is 6.41. The summed E-state index contributed by atoms with van der Waals surface area (Å²) in [6.07, 6.45) is 3.80. The van der Waals surface area contributed by atoms with Crippen molar-refractivity contribution in [1.29, 1.82) is 0 Å². The lowest BCUT2D eigenvalue weighted by Gasteiger charge is -2.27. The van der Waals surface area contributed by atoms with E-state index in [2.05, 4.69) is 20.1 Å². The molecule has 144 valence electrons. The van der Waals surface area contributed by atoms with Gasteiger partial charge in [0.1, 0.15) is 0 Å². The van der Waals surface area contributed by atoms with Crippen molar-refractivity contribution in [3.05, 3.63) is 0 Å². The Labute approximate surface area is 156 Å². The van der Waals surface area contributed by atoms with Gasteiger partial charge < -0.3 is 10.2 Å². The fraction of sp³-hybridized carbons (Fsp3) is 0.938. The first-order valence-electron chi connectivity index (χ1n) is 9.35. The van der Waals surface area contributed by atoms with Crippen LogP contribution >= 0.6 is 11.8 Å². The molecule has 1 N–H and O–H groups in total. The van der Waals surface area contributed by atoms with Crippen molar-refractivity contribution >= 4 is 27.7 Å². The van der Waals surface area contributed by atoms with Gasteiger partial charge in [-0.3, -0.25) is 9.89 Å². The average molecular weight is 390 g/mol. The Kier molecular flexibility index (Phi) is 6.87. The van der Waals surface area contributed by atoms with Gasteiger partial charge >= 0.3 is 0 Å². The van der Waals surface area contributed by atoms with Crippen molar-refractivity contribution in [2.24, 2.45) is 4.99 Å². The fourth-order valence-electron chi connectivity index (χ4n) is 3.92. The first-order valence-corrected chi connectivity index (χ1v) is 12.1. The van der Waals surface area contributed by atoms with E-state index in [0.717, 1.165) is 30.6 Å². The van der Waals surface area contributed by atoms with Gasteiger partial charge in [0.05, 0.1) is 5.75 Å². The number of nitrogens with one attached hydrogen (secondary N) is 1. The van der Waals surface area contributed by atoms with Crippen LogP contribution in [0, 0.1) is 0 Å². The Bertz CT molecular complexity index is 557. The molecule has 9 heteroatoms. The van der Waals surface area contributed by atoms with Crippen LogP contribution in [0.1, 0.15) is 19.3 Å². The molecule has 3 fully saturated rings. The van der Waals surface area contributed by atoms with Crippen LogP contribution in [-0.4, -0.2) is 105 Å². The maximum absolute atomic E-state index is 12.4. The smallest absolute Gasteiger partial charge is 0.215 e. The van der Waals surface area contributed by atoms with E-state index in [9.17, 15) is 8.42 Å². The molecule has 0 radical (unpaired) electrons. The van der Waals surface area contributed by atoms with Crippen LogP contribution in [0.5, 0.6) is 0 Å². The second-order valence-corrected chi connectivity index (χ2v) is 10.2. The number of thioether (sulfide) groups is 1. The standard InChI is InChI=1S/C16H31N5O2S2/c1-17-16(20-8-4-15(14-20)19-6-2-3-7-19)18-5-13-25(22,23)21-9-11-24-12-10-21/h15H,2-14H2,1H3,(H,17,18). The summed E-state index contributed by atoms with van der Waals surface area (Å²) in [6.45, 7) is 6.14. The molecule has 0 aromatic carbocycles. The summed E-state index contributed by atoms with van der Waals surface area (Å²) in [4.78, 5) is 9.22. The number of likely N-dealkylation sites (tertiary alicyclic amines) is 2. The number of hydrogen-bond acceptors (Lipinski definition) is 5. The molecule has 0 aliphatic carbocycles. The molecular weight excluding hydrogens is 358 g/mol. The largest absolute Gasteiger partial charge is 0.355 e. The average Bonchev–Trinajstić information content (AvgIpc) is 3.31. The zero-order valence-corrected chi connectivity index (χ0v) is 16.8. The molecule has 0 spiro atoms. The van der Waals surface area contributed by atoms with Crippen molar-refractivity contribution in [2.75, 3.05) is 70.1 Å². The molecule has 25 heavy (non-hydrogen) atoms. The Morgan fingerprint density at radius 2 is 1.88 bits per heavy atom. The van der Waals surface area contributed by atoms with E-state index < -0.39 is 10.0 Å². The lowest BCUT2D eigenvalue weighted by molar-refractivity contribution is 0.249. The van der Waals surface area contributed by atoms with Gasteiger partial charge in [-0.15, -0.1) is 0 Å². The number of nitrogens with zero attached hydrogens (tertiary/aromatic N) is 4. The lowest BCUT2D eigenvalue weighted by atomic mass is 10.2. The molecule has 0 aromatic heterocycles. The molecule has 1 atom stereocenters. The number of rotatable bonds is 5. The second-order valence-electron chi connectivity index (χ2n) is 6.93. The maximum Gasteiger partial charge on any atom is 0.215 e. The molecule has 3 rings (SSSR count). The Morgan fingerprint density at radius 3 is 2.56 bits per heavy atom. The summed E-state index contributed by atoms with van der Waals surface area (Å²) in [6, 6.07) is 0.621. The van der Waals surface area contributed by atoms with E-state index in [1.807, 2.05) is 11.8 Å². The monoisotopic (exact) mass is 389 g/mol. The summed E-state index contributed by atoms with van der Waals surface area (Å²) in [5.74, 6) is 2.78. The Hall–Kier alpha value is -0.510. The predicted octanol–water partition coefficient (Wildman–Crippen LogP) is 0.111. The van der Waals surface area contributed by atoms with Crippen LogP contribution in [0.2, 0.25) is 0 Å². The van der Waals surface area contributed by atoms with Crippen molar-refractivity contribution in [1.82, 2.24) is 19.4 Å². The second kappa shape index (κ2) is 8.92. The third-order valence-corrected chi connectivity index (χ3v) is 8.15. The molecule has 3 aliphatic heterocycles. The van der Waals surface area contributed by atoms with Crippen LogP contribution in [-0.2, 0) is 10.0 Å². The third-order valence-electron chi connectivity index (χ3n) is 5.34. The van der Waals surface area contributed by atoms with E-state index >= 15 is 0 Å². The summed E-state index contributed by atoms with van der Waals surface area (Å²) < 4.78 is 26.5. The van der Waals surface area contributed by atoms with Gasteiger partial charge in [-0.05, 0) is 32.4 Å². The summed E-state index contributed by atoms with van der Waals surface area (Å²) in [5.41, 5.74) is 0. The van der Waals surface area contributed by atoms with Gasteiger partial charge in [-0.1, -0.05) is 0 Å². The zero-order valence-electron chi connectivity index (χ0n) is 15.2. The topological polar surface area (TPSA) is 68.2 Å². The Morgan fingerprint density at radius 1 is 1.16 bits per heavy atom. The van der Waals surface area contributed by atoms with E-state index in [1.165, 1.54) is 32.4 Å². The van der Waals surface area contributed by atoms with E-state index in [1.54, 1.807) is 11.4 Å². The van der Waals surface area contributed by atoms with Crippen LogP contribution < -0.4 is 5.32 Å². The van der Waals surface area contributed by atoms with Crippen molar-refractivity contribution in [3.8, 4) is 0 Å². The molecular formula is C16H31N5O2S2. The first kappa shape index (κ1) is 19.3. The van der Waals surface area contributed by atoms with Crippen molar-refractivity contribution in [2.45, 2.75) is 25.3 Å². The molecule has 0 aromatic rings.